The third-order valence-corrected chi connectivity index (χ3v) is 3.38. The summed E-state index contributed by atoms with van der Waals surface area (Å²) in [7, 11) is 1.77. The average molecular weight is 288 g/mol. The van der Waals surface area contributed by atoms with E-state index in [9.17, 15) is 9.50 Å². The second-order valence-electron chi connectivity index (χ2n) is 6.14. The molecule has 0 aliphatic rings. The van der Waals surface area contributed by atoms with Crippen LogP contribution in [0, 0.1) is 5.82 Å². The molecule has 4 heteroatoms. The Balaban J connectivity index is 2.51. The Hall–Kier alpha value is -1.94. The molecule has 0 aliphatic carbocycles. The van der Waals surface area contributed by atoms with Gasteiger partial charge in [0, 0.05) is 18.2 Å². The lowest BCUT2D eigenvalue weighted by Crippen LogP contribution is -2.19. The molecular formula is C17H21FN2O. The molecule has 2 rings (SSSR count). The monoisotopic (exact) mass is 288 g/mol. The summed E-state index contributed by atoms with van der Waals surface area (Å²) in [6.45, 7) is 6.11. The van der Waals surface area contributed by atoms with Crippen LogP contribution in [0.15, 0.2) is 36.4 Å². The van der Waals surface area contributed by atoms with Crippen LogP contribution in [0.5, 0.6) is 0 Å². The third kappa shape index (κ3) is 3.39. The molecule has 0 bridgehead atoms. The minimum absolute atomic E-state index is 0.0658. The van der Waals surface area contributed by atoms with E-state index in [1.807, 2.05) is 6.07 Å². The third-order valence-electron chi connectivity index (χ3n) is 3.38. The normalized spacial score (nSPS) is 11.5. The van der Waals surface area contributed by atoms with Gasteiger partial charge in [-0.1, -0.05) is 32.9 Å². The number of aliphatic hydroxyl groups is 1. The van der Waals surface area contributed by atoms with Gasteiger partial charge in [0.15, 0.2) is 0 Å². The lowest BCUT2D eigenvalue weighted by molar-refractivity contribution is 0.281. The van der Waals surface area contributed by atoms with Crippen molar-refractivity contribution in [1.29, 1.82) is 0 Å². The summed E-state index contributed by atoms with van der Waals surface area (Å²) < 4.78 is 13.9. The molecule has 0 unspecified atom stereocenters. The van der Waals surface area contributed by atoms with Gasteiger partial charge in [0.25, 0.3) is 0 Å². The van der Waals surface area contributed by atoms with Gasteiger partial charge in [0.05, 0.1) is 12.3 Å². The summed E-state index contributed by atoms with van der Waals surface area (Å²) in [5.74, 6) is 0.324. The largest absolute Gasteiger partial charge is 0.392 e. The van der Waals surface area contributed by atoms with Crippen molar-refractivity contribution in [3.8, 4) is 0 Å². The maximum absolute atomic E-state index is 13.9. The first kappa shape index (κ1) is 15.4. The predicted molar refractivity (Wildman–Crippen MR) is 83.3 cm³/mol. The van der Waals surface area contributed by atoms with E-state index in [0.717, 1.165) is 11.3 Å². The van der Waals surface area contributed by atoms with Gasteiger partial charge in [0.1, 0.15) is 11.6 Å². The number of aromatic nitrogens is 1. The van der Waals surface area contributed by atoms with Gasteiger partial charge in [-0.05, 0) is 29.8 Å². The number of halogens is 1. The molecule has 0 saturated heterocycles. The topological polar surface area (TPSA) is 36.4 Å². The fourth-order valence-corrected chi connectivity index (χ4v) is 2.07. The van der Waals surface area contributed by atoms with Crippen molar-refractivity contribution in [2.75, 3.05) is 11.9 Å². The van der Waals surface area contributed by atoms with Crippen LogP contribution < -0.4 is 4.90 Å². The van der Waals surface area contributed by atoms with E-state index in [0.29, 0.717) is 11.5 Å². The highest BCUT2D eigenvalue weighted by atomic mass is 19.1. The molecule has 0 fully saturated rings. The Bertz CT molecular complexity index is 635. The van der Waals surface area contributed by atoms with Crippen molar-refractivity contribution in [3.63, 3.8) is 0 Å². The average Bonchev–Trinajstić information content (AvgIpc) is 2.45. The molecule has 0 atom stereocenters. The molecular weight excluding hydrogens is 267 g/mol. The number of rotatable bonds is 3. The van der Waals surface area contributed by atoms with E-state index in [-0.39, 0.29) is 17.8 Å². The number of pyridine rings is 1. The van der Waals surface area contributed by atoms with E-state index >= 15 is 0 Å². The first-order valence-corrected chi connectivity index (χ1v) is 6.93. The quantitative estimate of drug-likeness (QED) is 0.933. The Morgan fingerprint density at radius 2 is 1.86 bits per heavy atom. The van der Waals surface area contributed by atoms with Crippen LogP contribution in [0.3, 0.4) is 0 Å². The summed E-state index contributed by atoms with van der Waals surface area (Å²) in [6.07, 6.45) is 0. The van der Waals surface area contributed by atoms with Gasteiger partial charge >= 0.3 is 0 Å². The fourth-order valence-electron chi connectivity index (χ4n) is 2.07. The first-order chi connectivity index (χ1) is 9.82. The zero-order chi connectivity index (χ0) is 15.6. The number of anilines is 2. The van der Waals surface area contributed by atoms with Crippen LogP contribution in [0.25, 0.3) is 0 Å². The van der Waals surface area contributed by atoms with Crippen LogP contribution in [0.1, 0.15) is 32.0 Å². The summed E-state index contributed by atoms with van der Waals surface area (Å²) in [5.41, 5.74) is 1.95. The summed E-state index contributed by atoms with van der Waals surface area (Å²) in [5, 5.41) is 9.44. The maximum atomic E-state index is 13.9. The summed E-state index contributed by atoms with van der Waals surface area (Å²) in [6, 6.07) is 10.2. The van der Waals surface area contributed by atoms with E-state index in [4.69, 9.17) is 0 Å². The van der Waals surface area contributed by atoms with Crippen molar-refractivity contribution in [2.45, 2.75) is 32.8 Å². The van der Waals surface area contributed by atoms with Gasteiger partial charge in [-0.3, -0.25) is 0 Å². The molecule has 1 heterocycles. The molecule has 112 valence electrons. The lowest BCUT2D eigenvalue weighted by Gasteiger charge is -2.24. The van der Waals surface area contributed by atoms with Crippen molar-refractivity contribution in [3.05, 3.63) is 53.5 Å². The SMILES string of the molecule is CN(c1cc(CO)cc(C(C)(C)C)n1)c1ccccc1F. The molecule has 1 aromatic heterocycles. The minimum atomic E-state index is -0.298. The number of aliphatic hydroxyl groups excluding tert-OH is 1. The van der Waals surface area contributed by atoms with Crippen molar-refractivity contribution >= 4 is 11.5 Å². The molecule has 0 saturated carbocycles. The molecule has 3 nitrogen and oxygen atoms in total. The highest BCUT2D eigenvalue weighted by molar-refractivity contribution is 5.60. The number of benzene rings is 1. The molecule has 0 spiro atoms. The second kappa shape index (κ2) is 5.82. The summed E-state index contributed by atoms with van der Waals surface area (Å²) >= 11 is 0. The van der Waals surface area contributed by atoms with Crippen molar-refractivity contribution in [1.82, 2.24) is 4.98 Å². The molecule has 2 aromatic rings. The van der Waals surface area contributed by atoms with Crippen LogP contribution in [0.4, 0.5) is 15.9 Å². The molecule has 0 amide bonds. The number of hydrogen-bond acceptors (Lipinski definition) is 3. The van der Waals surface area contributed by atoms with Crippen LogP contribution in [0.2, 0.25) is 0 Å². The van der Waals surface area contributed by atoms with Crippen LogP contribution in [-0.4, -0.2) is 17.1 Å². The number of hydrogen-bond donors (Lipinski definition) is 1. The maximum Gasteiger partial charge on any atom is 0.146 e. The molecule has 1 aromatic carbocycles. The zero-order valence-electron chi connectivity index (χ0n) is 12.9. The summed E-state index contributed by atoms with van der Waals surface area (Å²) in [4.78, 5) is 6.32. The fraction of sp³-hybridized carbons (Fsp3) is 0.353. The van der Waals surface area contributed by atoms with Crippen LogP contribution in [-0.2, 0) is 12.0 Å². The van der Waals surface area contributed by atoms with Crippen LogP contribution >= 0.6 is 0 Å². The molecule has 0 radical (unpaired) electrons. The number of para-hydroxylation sites is 1. The zero-order valence-corrected chi connectivity index (χ0v) is 12.9. The second-order valence-corrected chi connectivity index (χ2v) is 6.14. The van der Waals surface area contributed by atoms with E-state index in [2.05, 4.69) is 25.8 Å². The number of nitrogens with zero attached hydrogens (tertiary/aromatic N) is 2. The Morgan fingerprint density at radius 1 is 1.19 bits per heavy atom. The molecule has 1 N–H and O–H groups in total. The Labute approximate surface area is 125 Å². The van der Waals surface area contributed by atoms with Gasteiger partial charge in [0.2, 0.25) is 0 Å². The highest BCUT2D eigenvalue weighted by Gasteiger charge is 2.19. The Morgan fingerprint density at radius 3 is 2.43 bits per heavy atom. The van der Waals surface area contributed by atoms with Crippen molar-refractivity contribution in [2.24, 2.45) is 0 Å². The van der Waals surface area contributed by atoms with Gasteiger partial charge in [-0.25, -0.2) is 9.37 Å². The van der Waals surface area contributed by atoms with Gasteiger partial charge in [-0.15, -0.1) is 0 Å². The molecule has 0 aliphatic heterocycles. The standard InChI is InChI=1S/C17H21FN2O/c1-17(2,3)15-9-12(11-21)10-16(19-15)20(4)14-8-6-5-7-13(14)18/h5-10,21H,11H2,1-4H3. The van der Waals surface area contributed by atoms with E-state index < -0.39 is 0 Å². The van der Waals surface area contributed by atoms with E-state index in [1.54, 1.807) is 36.2 Å². The van der Waals surface area contributed by atoms with Gasteiger partial charge in [-0.2, -0.15) is 0 Å². The molecule has 21 heavy (non-hydrogen) atoms. The predicted octanol–water partition coefficient (Wildman–Crippen LogP) is 3.78. The first-order valence-electron chi connectivity index (χ1n) is 6.93. The Kier molecular flexibility index (Phi) is 4.28. The highest BCUT2D eigenvalue weighted by Crippen LogP contribution is 2.29. The smallest absolute Gasteiger partial charge is 0.146 e. The van der Waals surface area contributed by atoms with Crippen molar-refractivity contribution < 1.29 is 9.50 Å². The minimum Gasteiger partial charge on any atom is -0.392 e. The van der Waals surface area contributed by atoms with E-state index in [1.165, 1.54) is 6.07 Å². The van der Waals surface area contributed by atoms with Gasteiger partial charge < -0.3 is 10.0 Å². The lowest BCUT2D eigenvalue weighted by atomic mass is 9.91.